The molecule has 1 aliphatic rings. The van der Waals surface area contributed by atoms with Gasteiger partial charge < -0.3 is 20.1 Å². The second kappa shape index (κ2) is 13.1. The van der Waals surface area contributed by atoms with Gasteiger partial charge in [-0.2, -0.15) is 0 Å². The number of benzene rings is 3. The Labute approximate surface area is 238 Å². The fourth-order valence-corrected chi connectivity index (χ4v) is 4.60. The molecule has 3 aromatic carbocycles. The van der Waals surface area contributed by atoms with Gasteiger partial charge in [-0.05, 0) is 84.9 Å². The third-order valence-corrected chi connectivity index (χ3v) is 6.48. The van der Waals surface area contributed by atoms with Gasteiger partial charge in [-0.15, -0.1) is 0 Å². The smallest absolute Gasteiger partial charge is 0.294 e. The largest absolute Gasteiger partial charge is 0.490 e. The molecule has 2 N–H and O–H groups in total. The van der Waals surface area contributed by atoms with Gasteiger partial charge in [0.1, 0.15) is 12.4 Å². The van der Waals surface area contributed by atoms with E-state index in [1.54, 1.807) is 49.4 Å². The van der Waals surface area contributed by atoms with Crippen molar-refractivity contribution in [3.63, 3.8) is 0 Å². The van der Waals surface area contributed by atoms with Crippen molar-refractivity contribution in [2.45, 2.75) is 6.92 Å². The predicted octanol–water partition coefficient (Wildman–Crippen LogP) is 5.57. The molecule has 4 rings (SSSR count). The Balaban J connectivity index is 1.40. The highest BCUT2D eigenvalue weighted by Crippen LogP contribution is 2.34. The summed E-state index contributed by atoms with van der Waals surface area (Å²) in [4.78, 5) is 50.9. The van der Waals surface area contributed by atoms with Crippen molar-refractivity contribution in [2.75, 3.05) is 30.4 Å². The summed E-state index contributed by atoms with van der Waals surface area (Å²) in [6, 6.07) is 16.7. The molecule has 0 atom stereocenters. The Kier molecular flexibility index (Phi) is 9.41. The molecule has 1 heterocycles. The van der Waals surface area contributed by atoms with Gasteiger partial charge in [0.2, 0.25) is 5.91 Å². The molecule has 0 aliphatic carbocycles. The number of hydrogen-bond donors (Lipinski definition) is 2. The van der Waals surface area contributed by atoms with Crippen molar-refractivity contribution in [3.8, 4) is 11.5 Å². The first-order valence-electron chi connectivity index (χ1n) is 12.0. The lowest BCUT2D eigenvalue weighted by atomic mass is 10.2. The van der Waals surface area contributed by atoms with E-state index < -0.39 is 35.3 Å². The summed E-state index contributed by atoms with van der Waals surface area (Å²) in [5.41, 5.74) is 1.41. The molecular weight excluding hydrogens is 561 g/mol. The van der Waals surface area contributed by atoms with Gasteiger partial charge in [0.05, 0.1) is 11.5 Å². The molecule has 206 valence electrons. The minimum atomic E-state index is -0.625. The zero-order valence-electron chi connectivity index (χ0n) is 21.1. The molecule has 0 saturated carbocycles. The Morgan fingerprint density at radius 2 is 1.70 bits per heavy atom. The second-order valence-electron chi connectivity index (χ2n) is 8.31. The highest BCUT2D eigenvalue weighted by atomic mass is 35.5. The van der Waals surface area contributed by atoms with E-state index in [0.717, 1.165) is 4.90 Å². The van der Waals surface area contributed by atoms with Crippen molar-refractivity contribution < 1.29 is 33.0 Å². The van der Waals surface area contributed by atoms with Crippen LogP contribution in [0.3, 0.4) is 0 Å². The predicted molar refractivity (Wildman–Crippen MR) is 151 cm³/mol. The summed E-state index contributed by atoms with van der Waals surface area (Å²) in [7, 11) is 0. The van der Waals surface area contributed by atoms with Crippen molar-refractivity contribution >= 4 is 63.8 Å². The highest BCUT2D eigenvalue weighted by Gasteiger charge is 2.36. The zero-order chi connectivity index (χ0) is 28.6. The number of hydrogen-bond acceptors (Lipinski definition) is 7. The fourth-order valence-electron chi connectivity index (χ4n) is 3.57. The lowest BCUT2D eigenvalue weighted by molar-refractivity contribution is -0.127. The topological polar surface area (TPSA) is 114 Å². The van der Waals surface area contributed by atoms with Crippen molar-refractivity contribution in [3.05, 3.63) is 88.0 Å². The summed E-state index contributed by atoms with van der Waals surface area (Å²) in [5, 5.41) is 5.10. The van der Waals surface area contributed by atoms with Crippen molar-refractivity contribution in [1.82, 2.24) is 4.90 Å². The first-order valence-corrected chi connectivity index (χ1v) is 13.2. The van der Waals surface area contributed by atoms with Crippen LogP contribution in [0.1, 0.15) is 12.5 Å². The van der Waals surface area contributed by atoms with E-state index in [-0.39, 0.29) is 11.5 Å². The van der Waals surface area contributed by atoms with E-state index >= 15 is 0 Å². The molecule has 0 spiro atoms. The number of carbonyl (C=O) groups excluding carboxylic acids is 4. The number of anilines is 2. The van der Waals surface area contributed by atoms with Crippen LogP contribution in [0.25, 0.3) is 6.08 Å². The van der Waals surface area contributed by atoms with Crippen LogP contribution < -0.4 is 20.1 Å². The van der Waals surface area contributed by atoms with Crippen LogP contribution in [0, 0.1) is 5.82 Å². The van der Waals surface area contributed by atoms with Crippen molar-refractivity contribution in [2.24, 2.45) is 0 Å². The summed E-state index contributed by atoms with van der Waals surface area (Å²) in [6.45, 7) is 1.32. The first kappa shape index (κ1) is 28.7. The van der Waals surface area contributed by atoms with Crippen LogP contribution in [0.15, 0.2) is 71.6 Å². The molecule has 0 aromatic heterocycles. The second-order valence-corrected chi connectivity index (χ2v) is 9.74. The quantitative estimate of drug-likeness (QED) is 0.300. The van der Waals surface area contributed by atoms with Crippen LogP contribution in [-0.2, 0) is 14.4 Å². The summed E-state index contributed by atoms with van der Waals surface area (Å²) in [5.74, 6) is -1.43. The maximum Gasteiger partial charge on any atom is 0.294 e. The molecule has 0 bridgehead atoms. The maximum atomic E-state index is 13.1. The van der Waals surface area contributed by atoms with Gasteiger partial charge in [0, 0.05) is 16.4 Å². The van der Waals surface area contributed by atoms with Gasteiger partial charge in [0.15, 0.2) is 18.1 Å². The number of nitrogens with zero attached hydrogens (tertiary/aromatic N) is 1. The van der Waals surface area contributed by atoms with E-state index in [2.05, 4.69) is 10.6 Å². The van der Waals surface area contributed by atoms with Crippen LogP contribution in [0.2, 0.25) is 5.02 Å². The van der Waals surface area contributed by atoms with E-state index in [9.17, 15) is 23.6 Å². The van der Waals surface area contributed by atoms with Gasteiger partial charge in [-0.25, -0.2) is 4.39 Å². The molecule has 0 radical (unpaired) electrons. The minimum absolute atomic E-state index is 0.122. The monoisotopic (exact) mass is 583 g/mol. The van der Waals surface area contributed by atoms with Gasteiger partial charge in [-0.1, -0.05) is 23.7 Å². The standard InChI is InChI=1S/C28H23ClFN3O6S/c1-2-38-23-12-17(6-11-22(23)39-16-26(35)32-21-5-3-4-18(29)14-21)13-24-27(36)33(28(37)40-24)15-25(34)31-20-9-7-19(30)8-10-20/h3-14H,2,15-16H2,1H3,(H,31,34)(H,32,35)/b24-13+. The summed E-state index contributed by atoms with van der Waals surface area (Å²) >= 11 is 6.64. The van der Waals surface area contributed by atoms with Gasteiger partial charge in [-0.3, -0.25) is 24.1 Å². The molecule has 0 unspecified atom stereocenters. The molecule has 12 heteroatoms. The minimum Gasteiger partial charge on any atom is -0.490 e. The highest BCUT2D eigenvalue weighted by molar-refractivity contribution is 8.18. The molecule has 4 amide bonds. The van der Waals surface area contributed by atoms with Crippen LogP contribution >= 0.6 is 23.4 Å². The normalized spacial score (nSPS) is 13.9. The fraction of sp³-hybridized carbons (Fsp3) is 0.143. The van der Waals surface area contributed by atoms with Gasteiger partial charge >= 0.3 is 0 Å². The number of nitrogens with one attached hydrogen (secondary N) is 2. The Morgan fingerprint density at radius 3 is 2.42 bits per heavy atom. The lowest BCUT2D eigenvalue weighted by Crippen LogP contribution is -2.36. The average Bonchev–Trinajstić information content (AvgIpc) is 3.17. The van der Waals surface area contributed by atoms with Crippen LogP contribution in [0.5, 0.6) is 11.5 Å². The molecule has 3 aromatic rings. The van der Waals surface area contributed by atoms with E-state index in [0.29, 0.717) is 51.8 Å². The number of thioether (sulfide) groups is 1. The molecule has 9 nitrogen and oxygen atoms in total. The summed E-state index contributed by atoms with van der Waals surface area (Å²) in [6.07, 6.45) is 1.50. The summed E-state index contributed by atoms with van der Waals surface area (Å²) < 4.78 is 24.4. The van der Waals surface area contributed by atoms with E-state index in [4.69, 9.17) is 21.1 Å². The van der Waals surface area contributed by atoms with Gasteiger partial charge in [0.25, 0.3) is 17.1 Å². The zero-order valence-corrected chi connectivity index (χ0v) is 22.7. The number of carbonyl (C=O) groups is 4. The van der Waals surface area contributed by atoms with E-state index in [1.165, 1.54) is 30.3 Å². The third kappa shape index (κ3) is 7.61. The Morgan fingerprint density at radius 1 is 0.950 bits per heavy atom. The first-order chi connectivity index (χ1) is 19.2. The molecular formula is C28H23ClFN3O6S. The van der Waals surface area contributed by atoms with E-state index in [1.807, 2.05) is 0 Å². The Bertz CT molecular complexity index is 1480. The number of rotatable bonds is 10. The molecule has 40 heavy (non-hydrogen) atoms. The van der Waals surface area contributed by atoms with Crippen molar-refractivity contribution in [1.29, 1.82) is 0 Å². The number of imide groups is 1. The number of halogens is 2. The average molecular weight is 584 g/mol. The number of amides is 4. The number of ether oxygens (including phenoxy) is 2. The molecule has 1 aliphatic heterocycles. The SMILES string of the molecule is CCOc1cc(/C=C2/SC(=O)N(CC(=O)Nc3ccc(F)cc3)C2=O)ccc1OCC(=O)Nc1cccc(Cl)c1. The van der Waals surface area contributed by atoms with Crippen LogP contribution in [0.4, 0.5) is 20.6 Å². The molecule has 1 fully saturated rings. The Hall–Kier alpha value is -4.35. The maximum absolute atomic E-state index is 13.1. The third-order valence-electron chi connectivity index (χ3n) is 5.34. The van der Waals surface area contributed by atoms with Crippen LogP contribution in [-0.4, -0.2) is 47.6 Å². The molecule has 1 saturated heterocycles. The lowest BCUT2D eigenvalue weighted by Gasteiger charge is -2.13.